The van der Waals surface area contributed by atoms with E-state index in [-0.39, 0.29) is 29.2 Å². The second kappa shape index (κ2) is 9.33. The number of carbonyl (C=O) groups is 2. The fourth-order valence-electron chi connectivity index (χ4n) is 2.85. The first-order valence-electron chi connectivity index (χ1n) is 9.19. The summed E-state index contributed by atoms with van der Waals surface area (Å²) in [7, 11) is -3.73. The number of carbonyl (C=O) groups excluding carboxylic acids is 2. The van der Waals surface area contributed by atoms with Gasteiger partial charge in [-0.25, -0.2) is 17.6 Å². The molecule has 2 aromatic carbocycles. The van der Waals surface area contributed by atoms with Crippen molar-refractivity contribution in [3.05, 3.63) is 59.4 Å². The van der Waals surface area contributed by atoms with Crippen LogP contribution in [0.3, 0.4) is 0 Å². The van der Waals surface area contributed by atoms with Gasteiger partial charge < -0.3 is 14.8 Å². The average molecular weight is 436 g/mol. The van der Waals surface area contributed by atoms with Crippen LogP contribution in [0.1, 0.15) is 15.9 Å². The first-order valence-corrected chi connectivity index (χ1v) is 10.6. The van der Waals surface area contributed by atoms with Crippen LogP contribution in [-0.2, 0) is 24.3 Å². The van der Waals surface area contributed by atoms with E-state index in [1.807, 2.05) is 0 Å². The second-order valence-corrected chi connectivity index (χ2v) is 8.54. The van der Waals surface area contributed by atoms with Crippen molar-refractivity contribution in [2.24, 2.45) is 0 Å². The van der Waals surface area contributed by atoms with Crippen molar-refractivity contribution in [1.29, 1.82) is 0 Å². The zero-order valence-corrected chi connectivity index (χ0v) is 17.1. The summed E-state index contributed by atoms with van der Waals surface area (Å²) in [5, 5.41) is 2.53. The van der Waals surface area contributed by atoms with Crippen LogP contribution < -0.4 is 5.32 Å². The molecule has 10 heteroatoms. The number of morpholine rings is 1. The zero-order chi connectivity index (χ0) is 21.7. The summed E-state index contributed by atoms with van der Waals surface area (Å²) in [5.41, 5.74) is 0.626. The number of anilines is 1. The van der Waals surface area contributed by atoms with Gasteiger partial charge in [-0.2, -0.15) is 4.31 Å². The summed E-state index contributed by atoms with van der Waals surface area (Å²) < 4.78 is 50.5. The van der Waals surface area contributed by atoms with Crippen LogP contribution in [0.5, 0.6) is 0 Å². The third-order valence-electron chi connectivity index (χ3n) is 4.52. The molecule has 1 heterocycles. The Labute approximate surface area is 173 Å². The van der Waals surface area contributed by atoms with Gasteiger partial charge in [0, 0.05) is 18.8 Å². The Bertz CT molecular complexity index is 1050. The molecular weight excluding hydrogens is 415 g/mol. The molecule has 0 bridgehead atoms. The van der Waals surface area contributed by atoms with Gasteiger partial charge in [0.15, 0.2) is 6.61 Å². The van der Waals surface area contributed by atoms with E-state index < -0.39 is 34.3 Å². The Kier molecular flexibility index (Phi) is 6.80. The summed E-state index contributed by atoms with van der Waals surface area (Å²) in [6.45, 7) is 2.21. The molecule has 1 N–H and O–H groups in total. The molecule has 0 aliphatic carbocycles. The third-order valence-corrected chi connectivity index (χ3v) is 6.41. The molecular formula is C20H21FN2O6S. The van der Waals surface area contributed by atoms with E-state index in [9.17, 15) is 22.4 Å². The monoisotopic (exact) mass is 436 g/mol. The highest BCUT2D eigenvalue weighted by atomic mass is 32.2. The summed E-state index contributed by atoms with van der Waals surface area (Å²) in [5.74, 6) is -2.40. The predicted molar refractivity (Wildman–Crippen MR) is 106 cm³/mol. The predicted octanol–water partition coefficient (Wildman–Crippen LogP) is 1.95. The van der Waals surface area contributed by atoms with Gasteiger partial charge >= 0.3 is 5.97 Å². The van der Waals surface area contributed by atoms with Gasteiger partial charge in [0.1, 0.15) is 5.82 Å². The van der Waals surface area contributed by atoms with E-state index in [2.05, 4.69) is 5.32 Å². The molecule has 2 aromatic rings. The highest BCUT2D eigenvalue weighted by molar-refractivity contribution is 7.89. The minimum absolute atomic E-state index is 0.0358. The maximum atomic E-state index is 13.6. The highest BCUT2D eigenvalue weighted by Gasteiger charge is 2.27. The van der Waals surface area contributed by atoms with Crippen molar-refractivity contribution in [3.8, 4) is 0 Å². The topological polar surface area (TPSA) is 102 Å². The van der Waals surface area contributed by atoms with Crippen molar-refractivity contribution in [1.82, 2.24) is 4.31 Å². The van der Waals surface area contributed by atoms with Gasteiger partial charge in [0.05, 0.1) is 23.7 Å². The van der Waals surface area contributed by atoms with Gasteiger partial charge in [-0.15, -0.1) is 0 Å². The number of nitrogens with zero attached hydrogens (tertiary/aromatic N) is 1. The SMILES string of the molecule is Cc1ccc(S(=O)(=O)N2CCOCC2)cc1NC(=O)COC(=O)c1ccccc1F. The zero-order valence-electron chi connectivity index (χ0n) is 16.3. The maximum absolute atomic E-state index is 13.6. The molecule has 0 unspecified atom stereocenters. The molecule has 1 fully saturated rings. The lowest BCUT2D eigenvalue weighted by Crippen LogP contribution is -2.40. The van der Waals surface area contributed by atoms with Crippen LogP contribution in [0.15, 0.2) is 47.4 Å². The fourth-order valence-corrected chi connectivity index (χ4v) is 4.29. The maximum Gasteiger partial charge on any atom is 0.341 e. The lowest BCUT2D eigenvalue weighted by Gasteiger charge is -2.26. The Morgan fingerprint density at radius 1 is 1.17 bits per heavy atom. The van der Waals surface area contributed by atoms with Crippen LogP contribution in [-0.4, -0.2) is 57.5 Å². The first-order chi connectivity index (χ1) is 14.3. The van der Waals surface area contributed by atoms with Crippen molar-refractivity contribution < 1.29 is 31.9 Å². The lowest BCUT2D eigenvalue weighted by atomic mass is 10.2. The molecule has 0 atom stereocenters. The number of aryl methyl sites for hydroxylation is 1. The number of halogens is 1. The number of benzene rings is 2. The van der Waals surface area contributed by atoms with Gasteiger partial charge in [-0.1, -0.05) is 18.2 Å². The van der Waals surface area contributed by atoms with E-state index >= 15 is 0 Å². The number of hydrogen-bond donors (Lipinski definition) is 1. The van der Waals surface area contributed by atoms with Gasteiger partial charge in [-0.05, 0) is 36.8 Å². The number of amides is 1. The van der Waals surface area contributed by atoms with Gasteiger partial charge in [0.25, 0.3) is 5.91 Å². The summed E-state index contributed by atoms with van der Waals surface area (Å²) in [4.78, 5) is 24.1. The Morgan fingerprint density at radius 3 is 2.57 bits per heavy atom. The smallest absolute Gasteiger partial charge is 0.341 e. The third kappa shape index (κ3) is 5.02. The van der Waals surface area contributed by atoms with Crippen LogP contribution in [0.2, 0.25) is 0 Å². The summed E-state index contributed by atoms with van der Waals surface area (Å²) >= 11 is 0. The summed E-state index contributed by atoms with van der Waals surface area (Å²) in [6.07, 6.45) is 0. The Hall–Kier alpha value is -2.82. The molecule has 0 saturated carbocycles. The van der Waals surface area contributed by atoms with E-state index in [0.717, 1.165) is 6.07 Å². The van der Waals surface area contributed by atoms with Crippen LogP contribution in [0.4, 0.5) is 10.1 Å². The first kappa shape index (κ1) is 21.9. The van der Waals surface area contributed by atoms with E-state index in [0.29, 0.717) is 18.8 Å². The number of ether oxygens (including phenoxy) is 2. The van der Waals surface area contributed by atoms with Gasteiger partial charge in [0.2, 0.25) is 10.0 Å². The number of nitrogens with one attached hydrogen (secondary N) is 1. The molecule has 1 aliphatic rings. The summed E-state index contributed by atoms with van der Waals surface area (Å²) in [6, 6.07) is 9.67. The fraction of sp³-hybridized carbons (Fsp3) is 0.300. The number of sulfonamides is 1. The number of esters is 1. The van der Waals surface area contributed by atoms with Crippen molar-refractivity contribution in [3.63, 3.8) is 0 Å². The highest BCUT2D eigenvalue weighted by Crippen LogP contribution is 2.23. The van der Waals surface area contributed by atoms with Gasteiger partial charge in [-0.3, -0.25) is 4.79 Å². The molecule has 0 radical (unpaired) electrons. The quantitative estimate of drug-likeness (QED) is 0.695. The largest absolute Gasteiger partial charge is 0.452 e. The van der Waals surface area contributed by atoms with Crippen LogP contribution in [0.25, 0.3) is 0 Å². The molecule has 1 amide bonds. The van der Waals surface area contributed by atoms with E-state index in [1.165, 1.54) is 34.6 Å². The molecule has 0 aromatic heterocycles. The Morgan fingerprint density at radius 2 is 1.87 bits per heavy atom. The van der Waals surface area contributed by atoms with Crippen molar-refractivity contribution in [2.45, 2.75) is 11.8 Å². The molecule has 1 saturated heterocycles. The second-order valence-electron chi connectivity index (χ2n) is 6.60. The standard InChI is InChI=1S/C20H21FN2O6S/c1-14-6-7-15(30(26,27)23-8-10-28-11-9-23)12-18(14)22-19(24)13-29-20(25)16-4-2-3-5-17(16)21/h2-7,12H,8-11,13H2,1H3,(H,22,24). The number of rotatable bonds is 6. The van der Waals surface area contributed by atoms with E-state index in [4.69, 9.17) is 9.47 Å². The molecule has 1 aliphatic heterocycles. The lowest BCUT2D eigenvalue weighted by molar-refractivity contribution is -0.119. The molecule has 160 valence electrons. The average Bonchev–Trinajstić information content (AvgIpc) is 2.74. The van der Waals surface area contributed by atoms with Crippen LogP contribution >= 0.6 is 0 Å². The molecule has 8 nitrogen and oxygen atoms in total. The minimum atomic E-state index is -3.73. The Balaban J connectivity index is 1.67. The molecule has 30 heavy (non-hydrogen) atoms. The molecule has 3 rings (SSSR count). The van der Waals surface area contributed by atoms with Crippen LogP contribution in [0, 0.1) is 12.7 Å². The number of hydrogen-bond acceptors (Lipinski definition) is 6. The van der Waals surface area contributed by atoms with E-state index in [1.54, 1.807) is 13.0 Å². The molecule has 0 spiro atoms. The van der Waals surface area contributed by atoms with Crippen molar-refractivity contribution >= 4 is 27.6 Å². The normalized spacial score (nSPS) is 14.9. The minimum Gasteiger partial charge on any atom is -0.452 e. The van der Waals surface area contributed by atoms with Crippen molar-refractivity contribution in [2.75, 3.05) is 38.2 Å².